The second kappa shape index (κ2) is 8.37. The summed E-state index contributed by atoms with van der Waals surface area (Å²) in [6.45, 7) is 0. The third-order valence-electron chi connectivity index (χ3n) is 0. The van der Waals surface area contributed by atoms with Gasteiger partial charge in [-0.25, -0.2) is 0 Å². The summed E-state index contributed by atoms with van der Waals surface area (Å²) in [6, 6.07) is 0. The molecule has 0 aromatic carbocycles. The van der Waals surface area contributed by atoms with Gasteiger partial charge in [-0.05, 0) is 0 Å². The van der Waals surface area contributed by atoms with E-state index in [2.05, 4.69) is 0 Å². The monoisotopic (exact) mass is 163 g/mol. The Balaban J connectivity index is -0.0000000267. The zero-order valence-electron chi connectivity index (χ0n) is 3.81. The van der Waals surface area contributed by atoms with E-state index in [9.17, 15) is 0 Å². The molecule has 0 unspecified atom stereocenters. The van der Waals surface area contributed by atoms with E-state index in [1.165, 1.54) is 0 Å². The third kappa shape index (κ3) is 160. The summed E-state index contributed by atoms with van der Waals surface area (Å²) in [5.74, 6) is 0. The minimum Gasteiger partial charge on any atom is -0.870 e. The number of hydrogen-bond donors (Lipinski definition) is 0. The zero-order valence-corrected chi connectivity index (χ0v) is 7.28. The Morgan fingerprint density at radius 2 is 1.12 bits per heavy atom. The topological polar surface area (TPSA) is 116 Å². The van der Waals surface area contributed by atoms with Crippen molar-refractivity contribution in [2.24, 2.45) is 0 Å². The fraction of sp³-hybridized carbons (Fsp3) is 0. The molecule has 8 heteroatoms. The molecule has 3 radical (unpaired) electrons. The van der Waals surface area contributed by atoms with Crippen LogP contribution in [-0.4, -0.2) is 45.9 Å². The Labute approximate surface area is 72.9 Å². The molecule has 0 atom stereocenters. The smallest absolute Gasteiger partial charge is 0.870 e. The van der Waals surface area contributed by atoms with Gasteiger partial charge >= 0.3 is 23.1 Å². The molecule has 0 aromatic rings. The van der Waals surface area contributed by atoms with E-state index in [1.807, 2.05) is 0 Å². The average Bonchev–Trinajstić information content (AvgIpc) is 0.722. The van der Waals surface area contributed by atoms with Crippen molar-refractivity contribution in [2.45, 2.75) is 0 Å². The van der Waals surface area contributed by atoms with Gasteiger partial charge in [0.2, 0.25) is 0 Å². The fourth-order valence-corrected chi connectivity index (χ4v) is 0. The molecule has 0 aliphatic carbocycles. The molecule has 1 N–H and O–H groups in total. The first-order chi connectivity index (χ1) is 2.00. The van der Waals surface area contributed by atoms with Crippen molar-refractivity contribution in [3.63, 3.8) is 0 Å². The van der Waals surface area contributed by atoms with Crippen molar-refractivity contribution in [2.75, 3.05) is 0 Å². The predicted octanol–water partition coefficient (Wildman–Crippen LogP) is -3.76. The summed E-state index contributed by atoms with van der Waals surface area (Å²) in [4.78, 5) is 25.6. The van der Waals surface area contributed by atoms with Crippen LogP contribution in [0.5, 0.6) is 0 Å². The maximum atomic E-state index is 8.55. The molecule has 43 valence electrons. The standard InChI is InChI=1S/Al.Mg.H3O4P.H2O/c;;1-5(2,3)4;/h;;(H3,1,2,3,4);1H2/q;+2;;/p-4. The van der Waals surface area contributed by atoms with Crippen LogP contribution in [0.15, 0.2) is 0 Å². The Morgan fingerprint density at radius 3 is 1.12 bits per heavy atom. The maximum absolute atomic E-state index is 8.55. The van der Waals surface area contributed by atoms with Crippen molar-refractivity contribution in [1.29, 1.82) is 0 Å². The van der Waals surface area contributed by atoms with Gasteiger partial charge in [-0.3, -0.25) is 0 Å². The Kier molecular flexibility index (Phi) is 23.8. The second-order valence-electron chi connectivity index (χ2n) is 0.447. The molecule has 5 nitrogen and oxygen atoms in total. The second-order valence-corrected chi connectivity index (χ2v) is 1.34. The maximum Gasteiger partial charge on any atom is 2.00 e. The Hall–Kier alpha value is 1.37. The summed E-state index contributed by atoms with van der Waals surface area (Å²) < 4.78 is 8.55. The first kappa shape index (κ1) is 22.8. The quantitative estimate of drug-likeness (QED) is 0.268. The van der Waals surface area contributed by atoms with E-state index in [-0.39, 0.29) is 45.9 Å². The SMILES string of the molecule is O=P([O-])([O-])[O-].[Al].[Mg+2].[OH-]. The first-order valence-corrected chi connectivity index (χ1v) is 2.19. The van der Waals surface area contributed by atoms with Gasteiger partial charge in [0.15, 0.2) is 0 Å². The van der Waals surface area contributed by atoms with E-state index in [0.29, 0.717) is 0 Å². The molecule has 0 aliphatic heterocycles. The Morgan fingerprint density at radius 1 is 1.12 bits per heavy atom. The summed E-state index contributed by atoms with van der Waals surface area (Å²) in [6.07, 6.45) is 0. The molecule has 0 fully saturated rings. The Bertz CT molecular complexity index is 58.6. The minimum absolute atomic E-state index is 0. The molecule has 0 rings (SSSR count). The van der Waals surface area contributed by atoms with Gasteiger partial charge in [-0.2, -0.15) is 7.82 Å². The van der Waals surface area contributed by atoms with Crippen molar-refractivity contribution in [1.82, 2.24) is 0 Å². The van der Waals surface area contributed by atoms with E-state index < -0.39 is 7.82 Å². The molecule has 0 saturated carbocycles. The van der Waals surface area contributed by atoms with Crippen LogP contribution in [0.3, 0.4) is 0 Å². The molecule has 0 aromatic heterocycles. The van der Waals surface area contributed by atoms with Crippen molar-refractivity contribution in [3.8, 4) is 0 Å². The van der Waals surface area contributed by atoms with Crippen molar-refractivity contribution in [3.05, 3.63) is 0 Å². The third-order valence-corrected chi connectivity index (χ3v) is 0. The van der Waals surface area contributed by atoms with Crippen LogP contribution in [0, 0.1) is 0 Å². The molecule has 0 bridgehead atoms. The molecule has 0 amide bonds. The summed E-state index contributed by atoms with van der Waals surface area (Å²) in [5.41, 5.74) is 0. The molecule has 0 heterocycles. The van der Waals surface area contributed by atoms with Crippen LogP contribution in [0.2, 0.25) is 0 Å². The number of rotatable bonds is 0. The van der Waals surface area contributed by atoms with Crippen LogP contribution in [-0.2, 0) is 4.57 Å². The molecule has 0 saturated heterocycles. The van der Waals surface area contributed by atoms with Crippen LogP contribution >= 0.6 is 7.82 Å². The van der Waals surface area contributed by atoms with Crippen molar-refractivity contribution >= 4 is 48.2 Å². The summed E-state index contributed by atoms with van der Waals surface area (Å²) in [5, 5.41) is 0. The van der Waals surface area contributed by atoms with Crippen molar-refractivity contribution < 1.29 is 24.7 Å². The van der Waals surface area contributed by atoms with Gasteiger partial charge in [-0.15, -0.1) is 0 Å². The van der Waals surface area contributed by atoms with Gasteiger partial charge < -0.3 is 24.7 Å². The zero-order chi connectivity index (χ0) is 4.50. The molecular weight excluding hydrogens is 162 g/mol. The predicted molar refractivity (Wildman–Crippen MR) is 21.1 cm³/mol. The summed E-state index contributed by atoms with van der Waals surface area (Å²) >= 11 is 0. The number of hydrogen-bond acceptors (Lipinski definition) is 5. The first-order valence-electron chi connectivity index (χ1n) is 0.730. The van der Waals surface area contributed by atoms with Gasteiger partial charge in [0.25, 0.3) is 0 Å². The molecule has 0 spiro atoms. The minimum atomic E-state index is -5.39. The fourth-order valence-electron chi connectivity index (χ4n) is 0. The van der Waals surface area contributed by atoms with Gasteiger partial charge in [0.05, 0.1) is 0 Å². The number of phosphoric acid groups is 1. The van der Waals surface area contributed by atoms with Gasteiger partial charge in [-0.1, -0.05) is 0 Å². The molecular formula is HAlMgO5P-2. The van der Waals surface area contributed by atoms with E-state index in [0.717, 1.165) is 0 Å². The van der Waals surface area contributed by atoms with Crippen LogP contribution < -0.4 is 14.7 Å². The van der Waals surface area contributed by atoms with E-state index in [4.69, 9.17) is 19.2 Å². The largest absolute Gasteiger partial charge is 2.00 e. The summed E-state index contributed by atoms with van der Waals surface area (Å²) in [7, 11) is -5.39. The van der Waals surface area contributed by atoms with Gasteiger partial charge in [0.1, 0.15) is 0 Å². The normalized spacial score (nSPS) is 7.38. The molecule has 0 aliphatic rings. The molecule has 8 heavy (non-hydrogen) atoms. The van der Waals surface area contributed by atoms with Gasteiger partial charge in [0, 0.05) is 17.4 Å². The van der Waals surface area contributed by atoms with E-state index >= 15 is 0 Å². The van der Waals surface area contributed by atoms with Crippen LogP contribution in [0.25, 0.3) is 0 Å². The van der Waals surface area contributed by atoms with E-state index in [1.54, 1.807) is 0 Å². The average molecular weight is 163 g/mol. The van der Waals surface area contributed by atoms with Crippen LogP contribution in [0.4, 0.5) is 0 Å². The van der Waals surface area contributed by atoms with Crippen LogP contribution in [0.1, 0.15) is 0 Å².